The van der Waals surface area contributed by atoms with Gasteiger partial charge in [-0.15, -0.1) is 0 Å². The molecule has 0 unspecified atom stereocenters. The highest BCUT2D eigenvalue weighted by atomic mass is 16.6. The first kappa shape index (κ1) is 11.0. The number of hydrogen-bond acceptors (Lipinski definition) is 3. The molecular formula is C10H17NO3. The third-order valence-electron chi connectivity index (χ3n) is 2.32. The first-order chi connectivity index (χ1) is 6.31. The largest absolute Gasteiger partial charge is 0.444 e. The zero-order valence-electron chi connectivity index (χ0n) is 9.16. The maximum Gasteiger partial charge on any atom is 0.410 e. The normalized spacial score (nSPS) is 18.6. The molecule has 1 aliphatic carbocycles. The number of rotatable bonds is 2. The molecule has 1 fully saturated rings. The van der Waals surface area contributed by atoms with Gasteiger partial charge in [0.2, 0.25) is 0 Å². The number of carbonyl (C=O) groups excluding carboxylic acids is 2. The highest BCUT2D eigenvalue weighted by Crippen LogP contribution is 2.39. The van der Waals surface area contributed by atoms with Crippen LogP contribution in [0.2, 0.25) is 0 Å². The topological polar surface area (TPSA) is 46.6 Å². The van der Waals surface area contributed by atoms with Crippen LogP contribution in [0.15, 0.2) is 0 Å². The molecule has 1 rings (SSSR count). The molecule has 4 nitrogen and oxygen atoms in total. The van der Waals surface area contributed by atoms with Gasteiger partial charge >= 0.3 is 6.09 Å². The van der Waals surface area contributed by atoms with Crippen molar-refractivity contribution in [1.29, 1.82) is 0 Å². The zero-order chi connectivity index (χ0) is 11.0. The van der Waals surface area contributed by atoms with Gasteiger partial charge in [-0.1, -0.05) is 0 Å². The van der Waals surface area contributed by atoms with Crippen molar-refractivity contribution in [1.82, 2.24) is 4.90 Å². The van der Waals surface area contributed by atoms with Crippen molar-refractivity contribution in [2.75, 3.05) is 7.05 Å². The molecule has 0 saturated heterocycles. The Kier molecular flexibility index (Phi) is 2.56. The van der Waals surface area contributed by atoms with Crippen molar-refractivity contribution in [2.45, 2.75) is 44.8 Å². The van der Waals surface area contributed by atoms with Crippen LogP contribution in [0.25, 0.3) is 0 Å². The predicted molar refractivity (Wildman–Crippen MR) is 52.0 cm³/mol. The Balaban J connectivity index is 2.58. The summed E-state index contributed by atoms with van der Waals surface area (Å²) in [5.74, 6) is 0. The highest BCUT2D eigenvalue weighted by Gasteiger charge is 2.49. The van der Waals surface area contributed by atoms with E-state index in [4.69, 9.17) is 4.74 Å². The van der Waals surface area contributed by atoms with Crippen LogP contribution in [0, 0.1) is 0 Å². The van der Waals surface area contributed by atoms with Gasteiger partial charge in [-0.2, -0.15) is 0 Å². The number of aldehydes is 1. The van der Waals surface area contributed by atoms with Gasteiger partial charge in [0, 0.05) is 7.05 Å². The lowest BCUT2D eigenvalue weighted by Gasteiger charge is -2.27. The van der Waals surface area contributed by atoms with Gasteiger partial charge in [-0.05, 0) is 33.6 Å². The summed E-state index contributed by atoms with van der Waals surface area (Å²) in [6.45, 7) is 5.41. The summed E-state index contributed by atoms with van der Waals surface area (Å²) in [7, 11) is 1.61. The lowest BCUT2D eigenvalue weighted by atomic mass is 10.2. The lowest BCUT2D eigenvalue weighted by molar-refractivity contribution is -0.113. The molecule has 0 N–H and O–H groups in total. The van der Waals surface area contributed by atoms with E-state index in [1.807, 2.05) is 0 Å². The van der Waals surface area contributed by atoms with E-state index in [0.29, 0.717) is 0 Å². The molecule has 80 valence electrons. The number of nitrogens with zero attached hydrogens (tertiary/aromatic N) is 1. The Bertz CT molecular complexity index is 251. The van der Waals surface area contributed by atoms with Crippen LogP contribution in [-0.2, 0) is 9.53 Å². The van der Waals surface area contributed by atoms with Gasteiger partial charge in [0.25, 0.3) is 0 Å². The molecule has 4 heteroatoms. The summed E-state index contributed by atoms with van der Waals surface area (Å²) >= 11 is 0. The fourth-order valence-corrected chi connectivity index (χ4v) is 1.17. The molecule has 0 aromatic carbocycles. The zero-order valence-corrected chi connectivity index (χ0v) is 9.16. The fraction of sp³-hybridized carbons (Fsp3) is 0.800. The van der Waals surface area contributed by atoms with Gasteiger partial charge in [0.1, 0.15) is 17.4 Å². The number of amides is 1. The molecule has 0 bridgehead atoms. The first-order valence-electron chi connectivity index (χ1n) is 4.74. The molecule has 0 aromatic heterocycles. The summed E-state index contributed by atoms with van der Waals surface area (Å²) in [5.41, 5.74) is -1.09. The Morgan fingerprint density at radius 2 is 1.93 bits per heavy atom. The highest BCUT2D eigenvalue weighted by molar-refractivity contribution is 5.79. The minimum atomic E-state index is -0.581. The van der Waals surface area contributed by atoms with Crippen molar-refractivity contribution < 1.29 is 14.3 Å². The van der Waals surface area contributed by atoms with Crippen LogP contribution in [0.4, 0.5) is 4.79 Å². The molecule has 1 amide bonds. The Labute approximate surface area is 84.2 Å². The Morgan fingerprint density at radius 1 is 1.43 bits per heavy atom. The summed E-state index contributed by atoms with van der Waals surface area (Å²) in [6, 6.07) is 0. The molecule has 1 saturated carbocycles. The quantitative estimate of drug-likeness (QED) is 0.634. The number of likely N-dealkylation sites (N-methyl/N-ethyl adjacent to an activating group) is 1. The lowest BCUT2D eigenvalue weighted by Crippen LogP contribution is -2.43. The fourth-order valence-electron chi connectivity index (χ4n) is 1.17. The van der Waals surface area contributed by atoms with Gasteiger partial charge in [-0.3, -0.25) is 4.90 Å². The summed E-state index contributed by atoms with van der Waals surface area (Å²) < 4.78 is 5.16. The average molecular weight is 199 g/mol. The number of hydrogen-bond donors (Lipinski definition) is 0. The SMILES string of the molecule is CN(C(=O)OC(C)(C)C)C1(C=O)CC1. The van der Waals surface area contributed by atoms with E-state index in [0.717, 1.165) is 19.1 Å². The van der Waals surface area contributed by atoms with E-state index in [1.54, 1.807) is 27.8 Å². The summed E-state index contributed by atoms with van der Waals surface area (Å²) in [5, 5.41) is 0. The summed E-state index contributed by atoms with van der Waals surface area (Å²) in [6.07, 6.45) is 1.89. The van der Waals surface area contributed by atoms with Crippen LogP contribution >= 0.6 is 0 Å². The first-order valence-corrected chi connectivity index (χ1v) is 4.74. The van der Waals surface area contributed by atoms with Gasteiger partial charge in [0.15, 0.2) is 0 Å². The van der Waals surface area contributed by atoms with Crippen molar-refractivity contribution in [3.05, 3.63) is 0 Å². The van der Waals surface area contributed by atoms with E-state index in [2.05, 4.69) is 0 Å². The van der Waals surface area contributed by atoms with Crippen LogP contribution in [-0.4, -0.2) is 35.5 Å². The van der Waals surface area contributed by atoms with Crippen LogP contribution in [0.3, 0.4) is 0 Å². The predicted octanol–water partition coefficient (Wildman–Crippen LogP) is 1.58. The van der Waals surface area contributed by atoms with Gasteiger partial charge in [0.05, 0.1) is 0 Å². The van der Waals surface area contributed by atoms with E-state index >= 15 is 0 Å². The Hall–Kier alpha value is -1.06. The van der Waals surface area contributed by atoms with Crippen molar-refractivity contribution >= 4 is 12.4 Å². The Morgan fingerprint density at radius 3 is 2.21 bits per heavy atom. The third-order valence-corrected chi connectivity index (χ3v) is 2.32. The molecule has 0 aliphatic heterocycles. The smallest absolute Gasteiger partial charge is 0.410 e. The maximum atomic E-state index is 11.5. The summed E-state index contributed by atoms with van der Waals surface area (Å²) in [4.78, 5) is 23.7. The molecule has 0 aromatic rings. The van der Waals surface area contributed by atoms with Crippen LogP contribution in [0.5, 0.6) is 0 Å². The second-order valence-electron chi connectivity index (χ2n) is 4.76. The molecule has 1 aliphatic rings. The molecular weight excluding hydrogens is 182 g/mol. The molecule has 0 spiro atoms. The van der Waals surface area contributed by atoms with E-state index in [9.17, 15) is 9.59 Å². The third kappa shape index (κ3) is 2.25. The minimum absolute atomic E-state index is 0.429. The van der Waals surface area contributed by atoms with Gasteiger partial charge < -0.3 is 9.53 Å². The van der Waals surface area contributed by atoms with Crippen molar-refractivity contribution in [3.63, 3.8) is 0 Å². The second-order valence-corrected chi connectivity index (χ2v) is 4.76. The maximum absolute atomic E-state index is 11.5. The van der Waals surface area contributed by atoms with E-state index in [1.165, 1.54) is 4.90 Å². The second kappa shape index (κ2) is 3.26. The van der Waals surface area contributed by atoms with E-state index in [-0.39, 0.29) is 0 Å². The molecule has 0 atom stereocenters. The van der Waals surface area contributed by atoms with Crippen molar-refractivity contribution in [2.24, 2.45) is 0 Å². The monoisotopic (exact) mass is 199 g/mol. The number of carbonyl (C=O) groups is 2. The molecule has 14 heavy (non-hydrogen) atoms. The average Bonchev–Trinajstić information content (AvgIpc) is 2.80. The minimum Gasteiger partial charge on any atom is -0.444 e. The number of ether oxygens (including phenoxy) is 1. The molecule has 0 radical (unpaired) electrons. The standard InChI is InChI=1S/C10H17NO3/c1-9(2,3)14-8(13)11(4)10(7-12)5-6-10/h7H,5-6H2,1-4H3. The van der Waals surface area contributed by atoms with Crippen molar-refractivity contribution in [3.8, 4) is 0 Å². The van der Waals surface area contributed by atoms with Crippen LogP contribution < -0.4 is 0 Å². The molecule has 0 heterocycles. The van der Waals surface area contributed by atoms with Gasteiger partial charge in [-0.25, -0.2) is 4.79 Å². The van der Waals surface area contributed by atoms with Crippen LogP contribution in [0.1, 0.15) is 33.6 Å². The van der Waals surface area contributed by atoms with E-state index < -0.39 is 17.2 Å².